The highest BCUT2D eigenvalue weighted by molar-refractivity contribution is 6.07. The number of carbonyl (C=O) groups excluding carboxylic acids is 2. The molecule has 0 aliphatic carbocycles. The Hall–Kier alpha value is -3.77. The minimum absolute atomic E-state index is 0.0747. The molecule has 3 aromatic rings. The summed E-state index contributed by atoms with van der Waals surface area (Å²) in [7, 11) is 0. The van der Waals surface area contributed by atoms with Crippen LogP contribution in [0, 0.1) is 0 Å². The van der Waals surface area contributed by atoms with Crippen LogP contribution in [0.3, 0.4) is 0 Å². The SMILES string of the molecule is CC(C)(C)OC(=O)N1CCC(c2cc(=O)[nH]c3c4c(NC(=O)NCC(F)(F)F)cccc4nn23)CC1. The Labute approximate surface area is 203 Å². The molecule has 13 heteroatoms. The van der Waals surface area contributed by atoms with Gasteiger partial charge in [0.2, 0.25) is 0 Å². The molecule has 0 unspecified atom stereocenters. The summed E-state index contributed by atoms with van der Waals surface area (Å²) >= 11 is 0. The van der Waals surface area contributed by atoms with Crippen LogP contribution < -0.4 is 16.2 Å². The number of aromatic nitrogens is 3. The number of alkyl halides is 3. The van der Waals surface area contributed by atoms with Gasteiger partial charge in [0.1, 0.15) is 17.8 Å². The number of nitrogens with zero attached hydrogens (tertiary/aromatic N) is 3. The number of halogens is 3. The molecule has 0 spiro atoms. The smallest absolute Gasteiger partial charge is 0.410 e. The minimum atomic E-state index is -4.55. The van der Waals surface area contributed by atoms with Gasteiger partial charge in [-0.25, -0.2) is 14.1 Å². The summed E-state index contributed by atoms with van der Waals surface area (Å²) in [4.78, 5) is 41.4. The highest BCUT2D eigenvalue weighted by atomic mass is 19.4. The van der Waals surface area contributed by atoms with Gasteiger partial charge in [0.05, 0.1) is 22.3 Å². The van der Waals surface area contributed by atoms with E-state index >= 15 is 0 Å². The molecule has 2 aromatic heterocycles. The summed E-state index contributed by atoms with van der Waals surface area (Å²) in [5, 5.41) is 9.14. The van der Waals surface area contributed by atoms with Crippen molar-refractivity contribution in [3.05, 3.63) is 40.3 Å². The molecule has 1 aromatic carbocycles. The number of ether oxygens (including phenoxy) is 1. The van der Waals surface area contributed by atoms with Crippen LogP contribution in [0.15, 0.2) is 29.1 Å². The summed E-state index contributed by atoms with van der Waals surface area (Å²) in [5.41, 5.74) is 0.616. The van der Waals surface area contributed by atoms with Gasteiger partial charge in [-0.15, -0.1) is 0 Å². The van der Waals surface area contributed by atoms with Gasteiger partial charge in [-0.2, -0.15) is 18.3 Å². The van der Waals surface area contributed by atoms with Gasteiger partial charge in [0.25, 0.3) is 5.56 Å². The lowest BCUT2D eigenvalue weighted by Crippen LogP contribution is -2.41. The van der Waals surface area contributed by atoms with Crippen molar-refractivity contribution in [2.24, 2.45) is 0 Å². The Morgan fingerprint density at radius 2 is 1.89 bits per heavy atom. The number of likely N-dealkylation sites (tertiary alicyclic amines) is 1. The number of amides is 3. The van der Waals surface area contributed by atoms with E-state index in [1.807, 2.05) is 0 Å². The average Bonchev–Trinajstić information content (AvgIpc) is 3.15. The monoisotopic (exact) mass is 508 g/mol. The molecule has 3 amide bonds. The predicted octanol–water partition coefficient (Wildman–Crippen LogP) is 3.97. The van der Waals surface area contributed by atoms with Crippen LogP contribution in [0.1, 0.15) is 45.2 Å². The molecule has 3 N–H and O–H groups in total. The molecular weight excluding hydrogens is 481 g/mol. The van der Waals surface area contributed by atoms with Gasteiger partial charge < -0.3 is 25.3 Å². The van der Waals surface area contributed by atoms with Crippen LogP contribution in [0.5, 0.6) is 0 Å². The lowest BCUT2D eigenvalue weighted by Gasteiger charge is -2.33. The Morgan fingerprint density at radius 1 is 1.19 bits per heavy atom. The Balaban J connectivity index is 1.61. The molecular formula is C23H27F3N6O4. The number of urea groups is 1. The fourth-order valence-electron chi connectivity index (χ4n) is 4.21. The van der Waals surface area contributed by atoms with Gasteiger partial charge in [0, 0.05) is 25.1 Å². The number of aromatic amines is 1. The first-order chi connectivity index (χ1) is 16.8. The van der Waals surface area contributed by atoms with E-state index in [0.717, 1.165) is 0 Å². The highest BCUT2D eigenvalue weighted by Gasteiger charge is 2.30. The van der Waals surface area contributed by atoms with Crippen LogP contribution in [-0.2, 0) is 4.74 Å². The standard InChI is InChI=1S/C23H27F3N6O4/c1-22(2,3)36-21(35)31-9-7-13(8-10-31)16-11-17(33)29-19-18-14(5-4-6-15(18)30-32(16)19)28-20(34)27-12-23(24,25)26/h4-6,11,13H,7-10,12H2,1-3H3,(H,29,33)(H2,27,28,34). The summed E-state index contributed by atoms with van der Waals surface area (Å²) in [5.74, 6) is -0.0747. The van der Waals surface area contributed by atoms with Crippen molar-refractivity contribution >= 4 is 34.4 Å². The number of piperidine rings is 1. The molecule has 1 saturated heterocycles. The zero-order valence-electron chi connectivity index (χ0n) is 20.0. The average molecular weight is 509 g/mol. The van der Waals surface area contributed by atoms with E-state index in [9.17, 15) is 27.6 Å². The first-order valence-corrected chi connectivity index (χ1v) is 11.4. The molecule has 0 bridgehead atoms. The lowest BCUT2D eigenvalue weighted by atomic mass is 9.93. The van der Waals surface area contributed by atoms with E-state index in [2.05, 4.69) is 15.4 Å². The third-order valence-corrected chi connectivity index (χ3v) is 5.73. The van der Waals surface area contributed by atoms with Crippen molar-refractivity contribution in [3.63, 3.8) is 0 Å². The van der Waals surface area contributed by atoms with Crippen LogP contribution in [0.4, 0.5) is 28.4 Å². The summed E-state index contributed by atoms with van der Waals surface area (Å²) < 4.78 is 44.4. The van der Waals surface area contributed by atoms with E-state index in [4.69, 9.17) is 4.74 Å². The van der Waals surface area contributed by atoms with Gasteiger partial charge in [-0.3, -0.25) is 4.79 Å². The third kappa shape index (κ3) is 5.71. The third-order valence-electron chi connectivity index (χ3n) is 5.73. The number of anilines is 1. The van der Waals surface area contributed by atoms with Crippen molar-refractivity contribution in [3.8, 4) is 0 Å². The van der Waals surface area contributed by atoms with Crippen molar-refractivity contribution in [1.29, 1.82) is 0 Å². The minimum Gasteiger partial charge on any atom is -0.444 e. The first-order valence-electron chi connectivity index (χ1n) is 11.4. The molecule has 3 heterocycles. The highest BCUT2D eigenvalue weighted by Crippen LogP contribution is 2.32. The molecule has 0 saturated carbocycles. The van der Waals surface area contributed by atoms with Crippen molar-refractivity contribution in [2.75, 3.05) is 25.0 Å². The molecule has 0 radical (unpaired) electrons. The molecule has 1 aliphatic rings. The lowest BCUT2D eigenvalue weighted by molar-refractivity contribution is -0.122. The van der Waals surface area contributed by atoms with Crippen LogP contribution in [0.2, 0.25) is 0 Å². The van der Waals surface area contributed by atoms with Crippen molar-refractivity contribution in [2.45, 2.75) is 51.3 Å². The molecule has 0 atom stereocenters. The van der Waals surface area contributed by atoms with Gasteiger partial charge in [-0.1, -0.05) is 6.07 Å². The number of rotatable bonds is 3. The second-order valence-electron chi connectivity index (χ2n) is 9.68. The second kappa shape index (κ2) is 9.36. The Kier molecular flexibility index (Phi) is 6.58. The van der Waals surface area contributed by atoms with E-state index < -0.39 is 24.4 Å². The molecule has 36 heavy (non-hydrogen) atoms. The maximum Gasteiger partial charge on any atom is 0.410 e. The second-order valence-corrected chi connectivity index (χ2v) is 9.68. The largest absolute Gasteiger partial charge is 0.444 e. The van der Waals surface area contributed by atoms with E-state index in [1.54, 1.807) is 47.6 Å². The Morgan fingerprint density at radius 3 is 2.53 bits per heavy atom. The van der Waals surface area contributed by atoms with Crippen LogP contribution in [-0.4, -0.2) is 63.0 Å². The molecule has 1 aliphatic heterocycles. The van der Waals surface area contributed by atoms with Gasteiger partial charge >= 0.3 is 18.3 Å². The predicted molar refractivity (Wildman–Crippen MR) is 126 cm³/mol. The Bertz CT molecular complexity index is 1350. The zero-order chi connectivity index (χ0) is 26.3. The molecule has 10 nitrogen and oxygen atoms in total. The quantitative estimate of drug-likeness (QED) is 0.494. The molecule has 4 rings (SSSR count). The topological polar surface area (TPSA) is 121 Å². The van der Waals surface area contributed by atoms with Crippen molar-refractivity contribution < 1.29 is 27.5 Å². The number of benzene rings is 1. The van der Waals surface area contributed by atoms with Crippen molar-refractivity contribution in [1.82, 2.24) is 24.8 Å². The van der Waals surface area contributed by atoms with Gasteiger partial charge in [-0.05, 0) is 45.7 Å². The number of hydrogen-bond donors (Lipinski definition) is 3. The number of carbonyl (C=O) groups is 2. The normalized spacial score (nSPS) is 15.3. The summed E-state index contributed by atoms with van der Waals surface area (Å²) in [6.07, 6.45) is -3.77. The van der Waals surface area contributed by atoms with Crippen LogP contribution in [0.25, 0.3) is 16.6 Å². The number of hydrogen-bond acceptors (Lipinski definition) is 5. The number of fused-ring (bicyclic) bond motifs is 3. The van der Waals surface area contributed by atoms with E-state index in [0.29, 0.717) is 48.2 Å². The zero-order valence-corrected chi connectivity index (χ0v) is 20.0. The summed E-state index contributed by atoms with van der Waals surface area (Å²) in [6, 6.07) is 5.21. The van der Waals surface area contributed by atoms with E-state index in [-0.39, 0.29) is 23.3 Å². The first kappa shape index (κ1) is 25.3. The molecule has 1 fully saturated rings. The number of H-pyrrole nitrogens is 1. The maximum atomic E-state index is 12.6. The fraction of sp³-hybridized carbons (Fsp3) is 0.478. The maximum absolute atomic E-state index is 12.6. The van der Waals surface area contributed by atoms with E-state index in [1.165, 1.54) is 12.1 Å². The molecule has 194 valence electrons. The van der Waals surface area contributed by atoms with Crippen LogP contribution >= 0.6 is 0 Å². The fourth-order valence-corrected chi connectivity index (χ4v) is 4.21. The van der Waals surface area contributed by atoms with Gasteiger partial charge in [0.15, 0.2) is 0 Å². The number of nitrogens with one attached hydrogen (secondary N) is 3. The summed E-state index contributed by atoms with van der Waals surface area (Å²) in [6.45, 7) is 4.82.